The van der Waals surface area contributed by atoms with Crippen LogP contribution in [0.3, 0.4) is 0 Å². The van der Waals surface area contributed by atoms with Crippen LogP contribution in [0.1, 0.15) is 32.1 Å². The number of thiophene rings is 1. The molecule has 1 aromatic rings. The molecule has 0 radical (unpaired) electrons. The predicted molar refractivity (Wildman–Crippen MR) is 87.3 cm³/mol. The van der Waals surface area contributed by atoms with E-state index >= 15 is 0 Å². The van der Waals surface area contributed by atoms with Gasteiger partial charge in [-0.3, -0.25) is 0 Å². The van der Waals surface area contributed by atoms with Crippen LogP contribution in [0.5, 0.6) is 0 Å². The summed E-state index contributed by atoms with van der Waals surface area (Å²) in [5.41, 5.74) is -0.917. The molecule has 0 spiro atoms. The molecule has 4 nitrogen and oxygen atoms in total. The van der Waals surface area contributed by atoms with E-state index in [0.717, 1.165) is 30.3 Å². The van der Waals surface area contributed by atoms with Crippen LogP contribution in [-0.2, 0) is 5.60 Å². The Morgan fingerprint density at radius 2 is 2.30 bits per heavy atom. The SMILES string of the molecule is C/C=C/CCNC(=NCC(C)(O)c1cccs1)NCC. The van der Waals surface area contributed by atoms with Gasteiger partial charge in [-0.05, 0) is 38.6 Å². The van der Waals surface area contributed by atoms with Crippen molar-refractivity contribution in [2.45, 2.75) is 32.8 Å². The number of aliphatic imine (C=N–C) groups is 1. The number of nitrogens with zero attached hydrogens (tertiary/aromatic N) is 1. The summed E-state index contributed by atoms with van der Waals surface area (Å²) in [6.45, 7) is 7.81. The van der Waals surface area contributed by atoms with Gasteiger partial charge in [-0.2, -0.15) is 0 Å². The fourth-order valence-electron chi connectivity index (χ4n) is 1.68. The fourth-order valence-corrected chi connectivity index (χ4v) is 2.46. The average molecular weight is 295 g/mol. The number of allylic oxidation sites excluding steroid dienone is 1. The van der Waals surface area contributed by atoms with Crippen LogP contribution in [0, 0.1) is 0 Å². The van der Waals surface area contributed by atoms with Crippen LogP contribution in [0.2, 0.25) is 0 Å². The summed E-state index contributed by atoms with van der Waals surface area (Å²) in [7, 11) is 0. The zero-order chi connectivity index (χ0) is 14.8. The third-order valence-electron chi connectivity index (χ3n) is 2.78. The minimum Gasteiger partial charge on any atom is -0.383 e. The number of hydrogen-bond acceptors (Lipinski definition) is 3. The summed E-state index contributed by atoms with van der Waals surface area (Å²) in [6.07, 6.45) is 5.11. The first-order valence-electron chi connectivity index (χ1n) is 7.00. The highest BCUT2D eigenvalue weighted by molar-refractivity contribution is 7.10. The lowest BCUT2D eigenvalue weighted by atomic mass is 10.1. The van der Waals surface area contributed by atoms with Crippen LogP contribution in [0.25, 0.3) is 0 Å². The smallest absolute Gasteiger partial charge is 0.191 e. The molecule has 0 saturated carbocycles. The molecule has 20 heavy (non-hydrogen) atoms. The summed E-state index contributed by atoms with van der Waals surface area (Å²) < 4.78 is 0. The molecule has 0 bridgehead atoms. The summed E-state index contributed by atoms with van der Waals surface area (Å²) in [5, 5.41) is 18.8. The van der Waals surface area contributed by atoms with Gasteiger partial charge in [0.05, 0.1) is 6.54 Å². The monoisotopic (exact) mass is 295 g/mol. The zero-order valence-electron chi connectivity index (χ0n) is 12.5. The first-order valence-corrected chi connectivity index (χ1v) is 7.87. The van der Waals surface area contributed by atoms with E-state index < -0.39 is 5.60 Å². The Labute approximate surface area is 125 Å². The lowest BCUT2D eigenvalue weighted by molar-refractivity contribution is 0.0711. The molecule has 5 heteroatoms. The van der Waals surface area contributed by atoms with Crippen LogP contribution >= 0.6 is 11.3 Å². The highest BCUT2D eigenvalue weighted by atomic mass is 32.1. The molecule has 112 valence electrons. The minimum absolute atomic E-state index is 0.340. The van der Waals surface area contributed by atoms with Crippen molar-refractivity contribution in [3.63, 3.8) is 0 Å². The van der Waals surface area contributed by atoms with Crippen LogP contribution in [0.15, 0.2) is 34.7 Å². The highest BCUT2D eigenvalue weighted by Gasteiger charge is 2.23. The van der Waals surface area contributed by atoms with Gasteiger partial charge >= 0.3 is 0 Å². The topological polar surface area (TPSA) is 56.7 Å². The van der Waals surface area contributed by atoms with E-state index in [4.69, 9.17) is 0 Å². The molecule has 1 aromatic heterocycles. The van der Waals surface area contributed by atoms with Gasteiger partial charge in [-0.15, -0.1) is 11.3 Å². The third-order valence-corrected chi connectivity index (χ3v) is 3.90. The normalized spacial score (nSPS) is 15.3. The number of nitrogens with one attached hydrogen (secondary N) is 2. The van der Waals surface area contributed by atoms with Crippen LogP contribution < -0.4 is 10.6 Å². The lowest BCUT2D eigenvalue weighted by Gasteiger charge is -2.20. The second-order valence-corrected chi connectivity index (χ2v) is 5.68. The largest absolute Gasteiger partial charge is 0.383 e. The number of rotatable bonds is 7. The molecule has 0 aromatic carbocycles. The standard InChI is InChI=1S/C15H25N3OS/c1-4-6-7-10-17-14(16-5-2)18-12-15(3,19)13-9-8-11-20-13/h4,6,8-9,11,19H,5,7,10,12H2,1-3H3,(H2,16,17,18)/b6-4+. The van der Waals surface area contributed by atoms with Crippen LogP contribution in [-0.4, -0.2) is 30.7 Å². The van der Waals surface area contributed by atoms with Gasteiger partial charge in [0.15, 0.2) is 5.96 Å². The Kier molecular flexibility index (Phi) is 7.33. The van der Waals surface area contributed by atoms with E-state index in [9.17, 15) is 5.11 Å². The molecule has 1 unspecified atom stereocenters. The number of guanidine groups is 1. The Morgan fingerprint density at radius 3 is 2.90 bits per heavy atom. The molecule has 3 N–H and O–H groups in total. The van der Waals surface area contributed by atoms with Crippen molar-refractivity contribution < 1.29 is 5.11 Å². The molecule has 0 fully saturated rings. The second-order valence-electron chi connectivity index (χ2n) is 4.73. The number of hydrogen-bond donors (Lipinski definition) is 3. The molecular formula is C15H25N3OS. The Balaban J connectivity index is 2.57. The third kappa shape index (κ3) is 5.75. The van der Waals surface area contributed by atoms with Crippen molar-refractivity contribution in [2.75, 3.05) is 19.6 Å². The van der Waals surface area contributed by atoms with E-state index in [1.165, 1.54) is 0 Å². The van der Waals surface area contributed by atoms with E-state index in [1.807, 2.05) is 37.4 Å². The first kappa shape index (κ1) is 16.7. The van der Waals surface area contributed by atoms with Crippen molar-refractivity contribution in [3.8, 4) is 0 Å². The quantitative estimate of drug-likeness (QED) is 0.313. The van der Waals surface area contributed by atoms with Gasteiger partial charge in [0, 0.05) is 18.0 Å². The lowest BCUT2D eigenvalue weighted by Crippen LogP contribution is -2.39. The highest BCUT2D eigenvalue weighted by Crippen LogP contribution is 2.25. The van der Waals surface area contributed by atoms with Crippen molar-refractivity contribution in [3.05, 3.63) is 34.5 Å². The van der Waals surface area contributed by atoms with E-state index in [-0.39, 0.29) is 0 Å². The molecular weight excluding hydrogens is 270 g/mol. The van der Waals surface area contributed by atoms with Gasteiger partial charge in [0.25, 0.3) is 0 Å². The summed E-state index contributed by atoms with van der Waals surface area (Å²) in [6, 6.07) is 3.88. The van der Waals surface area contributed by atoms with E-state index in [1.54, 1.807) is 18.3 Å². The summed E-state index contributed by atoms with van der Waals surface area (Å²) in [5.74, 6) is 0.744. The summed E-state index contributed by atoms with van der Waals surface area (Å²) >= 11 is 1.55. The van der Waals surface area contributed by atoms with Crippen LogP contribution in [0.4, 0.5) is 0 Å². The average Bonchev–Trinajstić information content (AvgIpc) is 2.95. The van der Waals surface area contributed by atoms with Gasteiger partial charge < -0.3 is 15.7 Å². The van der Waals surface area contributed by atoms with E-state index in [0.29, 0.717) is 6.54 Å². The minimum atomic E-state index is -0.917. The molecule has 0 aliphatic carbocycles. The van der Waals surface area contributed by atoms with Gasteiger partial charge in [0.2, 0.25) is 0 Å². The van der Waals surface area contributed by atoms with E-state index in [2.05, 4.69) is 21.7 Å². The van der Waals surface area contributed by atoms with Gasteiger partial charge in [-0.25, -0.2) is 4.99 Å². The fraction of sp³-hybridized carbons (Fsp3) is 0.533. The maximum absolute atomic E-state index is 10.4. The molecule has 0 aliphatic rings. The molecule has 1 atom stereocenters. The Bertz CT molecular complexity index is 424. The predicted octanol–water partition coefficient (Wildman–Crippen LogP) is 2.48. The maximum Gasteiger partial charge on any atom is 0.191 e. The van der Waals surface area contributed by atoms with Crippen molar-refractivity contribution in [1.82, 2.24) is 10.6 Å². The molecule has 1 rings (SSSR count). The van der Waals surface area contributed by atoms with Gasteiger partial charge in [0.1, 0.15) is 5.60 Å². The Morgan fingerprint density at radius 1 is 1.50 bits per heavy atom. The first-order chi connectivity index (χ1) is 9.60. The second kappa shape index (κ2) is 8.76. The van der Waals surface area contributed by atoms with Crippen molar-refractivity contribution >= 4 is 17.3 Å². The maximum atomic E-state index is 10.4. The summed E-state index contributed by atoms with van der Waals surface area (Å²) in [4.78, 5) is 5.40. The Hall–Kier alpha value is -1.33. The molecule has 0 saturated heterocycles. The van der Waals surface area contributed by atoms with Crippen molar-refractivity contribution in [2.24, 2.45) is 4.99 Å². The molecule has 0 aliphatic heterocycles. The molecule has 0 amide bonds. The number of aliphatic hydroxyl groups is 1. The molecule has 1 heterocycles. The van der Waals surface area contributed by atoms with Crippen molar-refractivity contribution in [1.29, 1.82) is 0 Å². The van der Waals surface area contributed by atoms with Gasteiger partial charge in [-0.1, -0.05) is 18.2 Å². The zero-order valence-corrected chi connectivity index (χ0v) is 13.3.